The van der Waals surface area contributed by atoms with Gasteiger partial charge in [-0.1, -0.05) is 20.8 Å². The van der Waals surface area contributed by atoms with E-state index in [0.717, 1.165) is 31.7 Å². The Morgan fingerprint density at radius 1 is 1.42 bits per heavy atom. The lowest BCUT2D eigenvalue weighted by Crippen LogP contribution is -2.68. The van der Waals surface area contributed by atoms with Gasteiger partial charge in [0.2, 0.25) is 5.91 Å². The van der Waals surface area contributed by atoms with Gasteiger partial charge in [0.25, 0.3) is 0 Å². The first-order chi connectivity index (χ1) is 11.6. The van der Waals surface area contributed by atoms with Crippen molar-refractivity contribution in [1.29, 1.82) is 0 Å². The van der Waals surface area contributed by atoms with Crippen LogP contribution in [0.15, 0.2) is 24.5 Å². The molecule has 2 heterocycles. The molecule has 1 saturated carbocycles. The topological polar surface area (TPSA) is 42.4 Å². The van der Waals surface area contributed by atoms with Gasteiger partial charge < -0.3 is 9.64 Å². The van der Waals surface area contributed by atoms with E-state index in [2.05, 4.69) is 30.7 Å². The van der Waals surface area contributed by atoms with E-state index in [1.165, 1.54) is 5.56 Å². The van der Waals surface area contributed by atoms with Gasteiger partial charge >= 0.3 is 0 Å². The first-order valence-corrected chi connectivity index (χ1v) is 10.1. The number of carbonyl (C=O) groups excluding carboxylic acids is 1. The SMILES string of the molecule is CCCN(C(=O)CSCc1ccncc1)[C@@H]1[C@H]2CCO[C@H]2C1(C)C. The van der Waals surface area contributed by atoms with Crippen LogP contribution >= 0.6 is 11.8 Å². The minimum absolute atomic E-state index is 0.0712. The number of hydrogen-bond acceptors (Lipinski definition) is 4. The molecule has 0 radical (unpaired) electrons. The molecule has 0 bridgehead atoms. The predicted molar refractivity (Wildman–Crippen MR) is 97.8 cm³/mol. The molecule has 1 amide bonds. The van der Waals surface area contributed by atoms with Gasteiger partial charge in [-0.25, -0.2) is 0 Å². The summed E-state index contributed by atoms with van der Waals surface area (Å²) in [6, 6.07) is 4.35. The third-order valence-corrected chi connectivity index (χ3v) is 6.39. The van der Waals surface area contributed by atoms with Gasteiger partial charge in [-0.2, -0.15) is 0 Å². The van der Waals surface area contributed by atoms with Crippen molar-refractivity contribution < 1.29 is 9.53 Å². The minimum atomic E-state index is 0.0712. The Kier molecular flexibility index (Phi) is 5.50. The summed E-state index contributed by atoms with van der Waals surface area (Å²) < 4.78 is 5.90. The van der Waals surface area contributed by atoms with Crippen molar-refractivity contribution in [2.45, 2.75) is 51.5 Å². The summed E-state index contributed by atoms with van der Waals surface area (Å²) in [6.45, 7) is 8.36. The van der Waals surface area contributed by atoms with Crippen LogP contribution in [0.2, 0.25) is 0 Å². The fourth-order valence-electron chi connectivity index (χ4n) is 4.41. The second-order valence-electron chi connectivity index (χ2n) is 7.45. The van der Waals surface area contributed by atoms with Crippen molar-refractivity contribution >= 4 is 17.7 Å². The van der Waals surface area contributed by atoms with Gasteiger partial charge in [0.1, 0.15) is 0 Å². The van der Waals surface area contributed by atoms with Crippen LogP contribution in [0.1, 0.15) is 39.2 Å². The van der Waals surface area contributed by atoms with Crippen LogP contribution in [0.5, 0.6) is 0 Å². The zero-order chi connectivity index (χ0) is 17.2. The molecule has 1 aliphatic carbocycles. The maximum atomic E-state index is 12.9. The minimum Gasteiger partial charge on any atom is -0.377 e. The van der Waals surface area contributed by atoms with Crippen molar-refractivity contribution in [1.82, 2.24) is 9.88 Å². The number of pyridine rings is 1. The summed E-state index contributed by atoms with van der Waals surface area (Å²) in [6.07, 6.45) is 6.04. The second-order valence-corrected chi connectivity index (χ2v) is 8.43. The molecule has 3 rings (SSSR count). The third-order valence-electron chi connectivity index (χ3n) is 5.40. The molecule has 132 valence electrons. The highest BCUT2D eigenvalue weighted by atomic mass is 32.2. The molecule has 0 spiro atoms. The van der Waals surface area contributed by atoms with Gasteiger partial charge in [-0.05, 0) is 30.5 Å². The van der Waals surface area contributed by atoms with E-state index in [4.69, 9.17) is 4.74 Å². The monoisotopic (exact) mass is 348 g/mol. The summed E-state index contributed by atoms with van der Waals surface area (Å²) in [7, 11) is 0. The maximum absolute atomic E-state index is 12.9. The van der Waals surface area contributed by atoms with Gasteiger partial charge in [-0.3, -0.25) is 9.78 Å². The second kappa shape index (κ2) is 7.44. The average molecular weight is 349 g/mol. The number of ether oxygens (including phenoxy) is 1. The van der Waals surface area contributed by atoms with E-state index in [1.54, 1.807) is 24.2 Å². The standard InChI is InChI=1S/C19H28N2O2S/c1-4-10-21(17-15-7-11-23-18(15)19(17,2)3)16(22)13-24-12-14-5-8-20-9-6-14/h5-6,8-9,15,17-18H,4,7,10-13H2,1-3H3/t15-,17-,18-/m1/s1. The zero-order valence-electron chi connectivity index (χ0n) is 14.9. The number of amides is 1. The molecule has 5 heteroatoms. The fraction of sp³-hybridized carbons (Fsp3) is 0.684. The molecule has 1 aliphatic heterocycles. The van der Waals surface area contributed by atoms with Gasteiger partial charge in [0, 0.05) is 48.7 Å². The lowest BCUT2D eigenvalue weighted by atomic mass is 9.56. The Hall–Kier alpha value is -1.07. The molecule has 3 atom stereocenters. The fourth-order valence-corrected chi connectivity index (χ4v) is 5.28. The lowest BCUT2D eigenvalue weighted by molar-refractivity contribution is -0.169. The van der Waals surface area contributed by atoms with Gasteiger partial charge in [0.15, 0.2) is 0 Å². The van der Waals surface area contributed by atoms with Crippen molar-refractivity contribution in [2.75, 3.05) is 18.9 Å². The van der Waals surface area contributed by atoms with Crippen molar-refractivity contribution in [2.24, 2.45) is 11.3 Å². The highest BCUT2D eigenvalue weighted by Crippen LogP contribution is 2.54. The summed E-state index contributed by atoms with van der Waals surface area (Å²) in [5, 5.41) is 0. The van der Waals surface area contributed by atoms with E-state index in [9.17, 15) is 4.79 Å². The largest absolute Gasteiger partial charge is 0.377 e. The summed E-state index contributed by atoms with van der Waals surface area (Å²) in [5.41, 5.74) is 1.29. The van der Waals surface area contributed by atoms with E-state index in [0.29, 0.717) is 23.8 Å². The molecule has 0 unspecified atom stereocenters. The Labute approximate surface area is 149 Å². The molecule has 0 aromatic carbocycles. The summed E-state index contributed by atoms with van der Waals surface area (Å²) >= 11 is 1.70. The molecule has 2 aliphatic rings. The van der Waals surface area contributed by atoms with Crippen molar-refractivity contribution in [3.63, 3.8) is 0 Å². The Balaban J connectivity index is 1.59. The van der Waals surface area contributed by atoms with E-state index >= 15 is 0 Å². The molecular weight excluding hydrogens is 320 g/mol. The molecule has 0 N–H and O–H groups in total. The number of carbonyl (C=O) groups is 1. The normalized spacial score (nSPS) is 27.4. The van der Waals surface area contributed by atoms with Crippen molar-refractivity contribution in [3.8, 4) is 0 Å². The van der Waals surface area contributed by atoms with Crippen LogP contribution in [-0.2, 0) is 15.3 Å². The van der Waals surface area contributed by atoms with E-state index < -0.39 is 0 Å². The summed E-state index contributed by atoms with van der Waals surface area (Å²) in [5.74, 6) is 2.21. The van der Waals surface area contributed by atoms with Crippen LogP contribution in [0.25, 0.3) is 0 Å². The van der Waals surface area contributed by atoms with Crippen LogP contribution in [0, 0.1) is 11.3 Å². The maximum Gasteiger partial charge on any atom is 0.232 e. The Bertz CT molecular complexity index is 564. The molecule has 1 aromatic heterocycles. The smallest absolute Gasteiger partial charge is 0.232 e. The highest BCUT2D eigenvalue weighted by molar-refractivity contribution is 7.99. The first kappa shape index (κ1) is 17.7. The van der Waals surface area contributed by atoms with Crippen LogP contribution in [-0.4, -0.2) is 46.8 Å². The summed E-state index contributed by atoms with van der Waals surface area (Å²) in [4.78, 5) is 19.1. The number of rotatable bonds is 7. The van der Waals surface area contributed by atoms with Crippen LogP contribution < -0.4 is 0 Å². The molecule has 24 heavy (non-hydrogen) atoms. The number of thioether (sulfide) groups is 1. The number of fused-ring (bicyclic) bond motifs is 1. The molecule has 4 nitrogen and oxygen atoms in total. The van der Waals surface area contributed by atoms with Crippen LogP contribution in [0.4, 0.5) is 0 Å². The molecule has 1 aromatic rings. The number of aromatic nitrogens is 1. The van der Waals surface area contributed by atoms with E-state index in [1.807, 2.05) is 12.1 Å². The Morgan fingerprint density at radius 2 is 2.17 bits per heavy atom. The number of nitrogens with zero attached hydrogens (tertiary/aromatic N) is 2. The zero-order valence-corrected chi connectivity index (χ0v) is 15.7. The lowest BCUT2D eigenvalue weighted by Gasteiger charge is -2.58. The predicted octanol–water partition coefficient (Wildman–Crippen LogP) is 3.37. The van der Waals surface area contributed by atoms with Gasteiger partial charge in [0.05, 0.1) is 11.9 Å². The van der Waals surface area contributed by atoms with Crippen LogP contribution in [0.3, 0.4) is 0 Å². The van der Waals surface area contributed by atoms with Gasteiger partial charge in [-0.15, -0.1) is 11.8 Å². The Morgan fingerprint density at radius 3 is 2.88 bits per heavy atom. The third kappa shape index (κ3) is 3.33. The van der Waals surface area contributed by atoms with Crippen molar-refractivity contribution in [3.05, 3.63) is 30.1 Å². The molecule has 2 fully saturated rings. The number of hydrogen-bond donors (Lipinski definition) is 0. The quantitative estimate of drug-likeness (QED) is 0.758. The average Bonchev–Trinajstić information content (AvgIpc) is 3.02. The first-order valence-electron chi connectivity index (χ1n) is 8.93. The van der Waals surface area contributed by atoms with E-state index in [-0.39, 0.29) is 11.3 Å². The molecular formula is C19H28N2O2S. The highest BCUT2D eigenvalue weighted by Gasteiger charge is 2.61. The molecule has 1 saturated heterocycles.